The van der Waals surface area contributed by atoms with Gasteiger partial charge in [0.05, 0.1) is 6.54 Å². The standard InChI is InChI=1S/C18H22F2N6S/c19-17(20)25-8-11(7-21)12-9-24-15(16-23-4-5-27-16)26-10-18(6-13(12)26)3-1-2-14(18)22/h4-5,7-8,14,17H,1-3,6,9-10,21-22H2. The molecule has 0 aromatic carbocycles. The summed E-state index contributed by atoms with van der Waals surface area (Å²) in [6.45, 7) is -1.63. The predicted octanol–water partition coefficient (Wildman–Crippen LogP) is 2.50. The molecule has 2 fully saturated rings. The Morgan fingerprint density at radius 2 is 2.33 bits per heavy atom. The normalized spacial score (nSPS) is 28.7. The van der Waals surface area contributed by atoms with Crippen molar-refractivity contribution in [3.05, 3.63) is 39.6 Å². The lowest BCUT2D eigenvalue weighted by atomic mass is 9.81. The van der Waals surface area contributed by atoms with E-state index in [4.69, 9.17) is 16.5 Å². The highest BCUT2D eigenvalue weighted by molar-refractivity contribution is 7.11. The second-order valence-corrected chi connectivity index (χ2v) is 8.10. The number of alkyl halides is 2. The van der Waals surface area contributed by atoms with Crippen molar-refractivity contribution < 1.29 is 8.78 Å². The number of fused-ring (bicyclic) bond motifs is 1. The van der Waals surface area contributed by atoms with Crippen LogP contribution in [0, 0.1) is 5.41 Å². The second-order valence-electron chi connectivity index (χ2n) is 7.20. The molecule has 3 heterocycles. The van der Waals surface area contributed by atoms with Gasteiger partial charge >= 0.3 is 6.55 Å². The van der Waals surface area contributed by atoms with Gasteiger partial charge in [-0.05, 0) is 19.3 Å². The number of halogens is 2. The minimum absolute atomic E-state index is 0.0114. The van der Waals surface area contributed by atoms with Gasteiger partial charge in [0.15, 0.2) is 10.8 Å². The van der Waals surface area contributed by atoms with E-state index in [0.717, 1.165) is 60.6 Å². The van der Waals surface area contributed by atoms with Crippen molar-refractivity contribution in [1.29, 1.82) is 0 Å². The van der Waals surface area contributed by atoms with Crippen molar-refractivity contribution in [1.82, 2.24) is 9.88 Å². The quantitative estimate of drug-likeness (QED) is 0.608. The molecular weight excluding hydrogens is 370 g/mol. The van der Waals surface area contributed by atoms with Gasteiger partial charge in [-0.1, -0.05) is 6.42 Å². The SMILES string of the molecule is NC=C(C=NC(F)F)C1=C2CC3(CCCC3N)CN2C(c2nccs2)=NC1. The summed E-state index contributed by atoms with van der Waals surface area (Å²) < 4.78 is 25.1. The van der Waals surface area contributed by atoms with Gasteiger partial charge in [-0.15, -0.1) is 11.3 Å². The predicted molar refractivity (Wildman–Crippen MR) is 103 cm³/mol. The van der Waals surface area contributed by atoms with Crippen LogP contribution in [0.2, 0.25) is 0 Å². The fourth-order valence-electron chi connectivity index (χ4n) is 4.41. The van der Waals surface area contributed by atoms with E-state index in [-0.39, 0.29) is 11.5 Å². The molecule has 27 heavy (non-hydrogen) atoms. The zero-order valence-corrected chi connectivity index (χ0v) is 15.6. The lowest BCUT2D eigenvalue weighted by Gasteiger charge is -2.30. The average Bonchev–Trinajstić information content (AvgIpc) is 3.37. The lowest BCUT2D eigenvalue weighted by molar-refractivity contribution is 0.160. The van der Waals surface area contributed by atoms with Crippen molar-refractivity contribution >= 4 is 23.4 Å². The molecule has 2 atom stereocenters. The average molecular weight is 392 g/mol. The van der Waals surface area contributed by atoms with E-state index in [9.17, 15) is 8.78 Å². The van der Waals surface area contributed by atoms with E-state index >= 15 is 0 Å². The Balaban J connectivity index is 1.75. The molecule has 9 heteroatoms. The summed E-state index contributed by atoms with van der Waals surface area (Å²) in [7, 11) is 0. The maximum absolute atomic E-state index is 12.6. The topological polar surface area (TPSA) is 92.9 Å². The third-order valence-corrected chi connectivity index (χ3v) is 6.53. The third-order valence-electron chi connectivity index (χ3n) is 5.76. The number of amidine groups is 1. The summed E-state index contributed by atoms with van der Waals surface area (Å²) >= 11 is 1.54. The molecule has 2 aliphatic heterocycles. The van der Waals surface area contributed by atoms with Crippen molar-refractivity contribution in [2.24, 2.45) is 26.9 Å². The van der Waals surface area contributed by atoms with Crippen LogP contribution in [0.15, 0.2) is 44.6 Å². The molecule has 2 unspecified atom stereocenters. The van der Waals surface area contributed by atoms with Crippen LogP contribution < -0.4 is 11.5 Å². The highest BCUT2D eigenvalue weighted by atomic mass is 32.1. The highest BCUT2D eigenvalue weighted by Gasteiger charge is 2.50. The van der Waals surface area contributed by atoms with Gasteiger partial charge in [0.1, 0.15) is 0 Å². The highest BCUT2D eigenvalue weighted by Crippen LogP contribution is 2.51. The molecule has 4 rings (SSSR count). The molecule has 4 N–H and O–H groups in total. The van der Waals surface area contributed by atoms with Crippen LogP contribution in [0.25, 0.3) is 0 Å². The Bertz CT molecular complexity index is 829. The van der Waals surface area contributed by atoms with Gasteiger partial charge in [-0.3, -0.25) is 4.99 Å². The van der Waals surface area contributed by atoms with E-state index in [1.165, 1.54) is 17.5 Å². The van der Waals surface area contributed by atoms with E-state index in [1.807, 2.05) is 5.38 Å². The van der Waals surface area contributed by atoms with E-state index in [1.54, 1.807) is 6.20 Å². The van der Waals surface area contributed by atoms with Crippen LogP contribution >= 0.6 is 11.3 Å². The van der Waals surface area contributed by atoms with E-state index in [2.05, 4.69) is 14.9 Å². The smallest absolute Gasteiger partial charge is 0.331 e. The van der Waals surface area contributed by atoms with Crippen molar-refractivity contribution in [3.8, 4) is 0 Å². The van der Waals surface area contributed by atoms with Gasteiger partial charge in [0.2, 0.25) is 0 Å². The van der Waals surface area contributed by atoms with Gasteiger partial charge < -0.3 is 16.4 Å². The molecule has 0 radical (unpaired) electrons. The Hall–Kier alpha value is -2.13. The molecule has 1 aromatic heterocycles. The summed E-state index contributed by atoms with van der Waals surface area (Å²) in [5.74, 6) is 0.835. The fraction of sp³-hybridized carbons (Fsp3) is 0.500. The van der Waals surface area contributed by atoms with Crippen LogP contribution in [0.5, 0.6) is 0 Å². The first kappa shape index (κ1) is 18.2. The van der Waals surface area contributed by atoms with Crippen molar-refractivity contribution in [3.63, 3.8) is 0 Å². The van der Waals surface area contributed by atoms with Crippen molar-refractivity contribution in [2.75, 3.05) is 13.1 Å². The zero-order chi connectivity index (χ0) is 19.0. The summed E-state index contributed by atoms with van der Waals surface area (Å²) in [5.41, 5.74) is 14.6. The number of nitrogens with zero attached hydrogens (tertiary/aromatic N) is 4. The van der Waals surface area contributed by atoms with Crippen LogP contribution in [-0.2, 0) is 0 Å². The van der Waals surface area contributed by atoms with Crippen molar-refractivity contribution in [2.45, 2.75) is 38.3 Å². The van der Waals surface area contributed by atoms with E-state index < -0.39 is 6.55 Å². The van der Waals surface area contributed by atoms with Gasteiger partial charge in [-0.2, -0.15) is 8.78 Å². The first-order valence-corrected chi connectivity index (χ1v) is 9.85. The minimum atomic E-state index is -2.77. The molecule has 6 nitrogen and oxygen atoms in total. The second kappa shape index (κ2) is 7.12. The number of nitrogens with two attached hydrogens (primary N) is 2. The number of rotatable bonds is 4. The minimum Gasteiger partial charge on any atom is -0.404 e. The Kier molecular flexibility index (Phi) is 4.81. The number of hydrogen-bond acceptors (Lipinski definition) is 7. The Morgan fingerprint density at radius 1 is 1.48 bits per heavy atom. The number of aromatic nitrogens is 1. The van der Waals surface area contributed by atoms with Crippen LogP contribution in [-0.4, -0.2) is 47.6 Å². The van der Waals surface area contributed by atoms with Gasteiger partial charge in [-0.25, -0.2) is 9.98 Å². The molecular formula is C18H22F2N6S. The summed E-state index contributed by atoms with van der Waals surface area (Å²) in [4.78, 5) is 14.5. The van der Waals surface area contributed by atoms with Gasteiger partial charge in [0.25, 0.3) is 0 Å². The van der Waals surface area contributed by atoms with Crippen LogP contribution in [0.1, 0.15) is 30.7 Å². The third kappa shape index (κ3) is 3.19. The van der Waals surface area contributed by atoms with Crippen LogP contribution in [0.3, 0.4) is 0 Å². The zero-order valence-electron chi connectivity index (χ0n) is 14.8. The number of thiazole rings is 1. The molecule has 0 bridgehead atoms. The molecule has 0 amide bonds. The Morgan fingerprint density at radius 3 is 2.96 bits per heavy atom. The monoisotopic (exact) mass is 392 g/mol. The lowest BCUT2D eigenvalue weighted by Crippen LogP contribution is -2.41. The largest absolute Gasteiger partial charge is 0.404 e. The van der Waals surface area contributed by atoms with E-state index in [0.29, 0.717) is 12.1 Å². The first-order chi connectivity index (χ1) is 13.0. The maximum atomic E-state index is 12.6. The van der Waals surface area contributed by atoms with Gasteiger partial charge in [0, 0.05) is 58.8 Å². The molecule has 1 saturated heterocycles. The molecule has 1 aromatic rings. The fourth-order valence-corrected chi connectivity index (χ4v) is 5.06. The summed E-state index contributed by atoms with van der Waals surface area (Å²) in [6, 6.07) is 0.120. The molecule has 1 spiro atoms. The molecule has 1 aliphatic carbocycles. The molecule has 3 aliphatic rings. The molecule has 144 valence electrons. The van der Waals surface area contributed by atoms with Crippen LogP contribution in [0.4, 0.5) is 8.78 Å². The number of allylic oxidation sites excluding steroid dienone is 1. The maximum Gasteiger partial charge on any atom is 0.331 e. The summed E-state index contributed by atoms with van der Waals surface area (Å²) in [6.07, 6.45) is 8.20. The number of aliphatic imine (C=N–C) groups is 2. The first-order valence-electron chi connectivity index (χ1n) is 8.97. The molecule has 1 saturated carbocycles. The number of hydrogen-bond donors (Lipinski definition) is 2. The summed E-state index contributed by atoms with van der Waals surface area (Å²) in [5, 5.41) is 2.78. The Labute approximate surface area is 160 Å².